The molecule has 90 valence electrons. The van der Waals surface area contributed by atoms with Gasteiger partial charge in [-0.25, -0.2) is 0 Å². The number of nitrogens with zero attached hydrogens (tertiary/aromatic N) is 1. The van der Waals surface area contributed by atoms with Gasteiger partial charge in [0.25, 0.3) is 0 Å². The molecule has 5 heteroatoms. The predicted molar refractivity (Wildman–Crippen MR) is 65.6 cm³/mol. The van der Waals surface area contributed by atoms with Gasteiger partial charge in [-0.3, -0.25) is 0 Å². The Hall–Kier alpha value is -2.19. The Morgan fingerprint density at radius 1 is 1.41 bits per heavy atom. The van der Waals surface area contributed by atoms with Crippen LogP contribution in [0.3, 0.4) is 0 Å². The SMILES string of the molecule is C=COCC(C#N)OCc1c(N)cccc1N. The van der Waals surface area contributed by atoms with E-state index in [2.05, 4.69) is 6.58 Å². The van der Waals surface area contributed by atoms with E-state index < -0.39 is 6.10 Å². The fourth-order valence-electron chi connectivity index (χ4n) is 1.25. The molecule has 0 radical (unpaired) electrons. The number of nitrogens with two attached hydrogens (primary N) is 2. The van der Waals surface area contributed by atoms with Crippen LogP contribution in [-0.4, -0.2) is 12.7 Å². The third-order valence-corrected chi connectivity index (χ3v) is 2.19. The van der Waals surface area contributed by atoms with Crippen molar-refractivity contribution >= 4 is 11.4 Å². The summed E-state index contributed by atoms with van der Waals surface area (Å²) in [4.78, 5) is 0. The van der Waals surface area contributed by atoms with E-state index in [4.69, 9.17) is 26.2 Å². The first-order valence-electron chi connectivity index (χ1n) is 5.05. The Morgan fingerprint density at radius 2 is 2.06 bits per heavy atom. The number of nitrogen functional groups attached to an aromatic ring is 2. The van der Waals surface area contributed by atoms with Crippen LogP contribution >= 0.6 is 0 Å². The van der Waals surface area contributed by atoms with Crippen molar-refractivity contribution in [2.75, 3.05) is 18.1 Å². The monoisotopic (exact) mass is 233 g/mol. The Labute approximate surface area is 100 Å². The molecule has 0 heterocycles. The maximum Gasteiger partial charge on any atom is 0.178 e. The molecule has 1 aromatic carbocycles. The first kappa shape index (κ1) is 12.9. The van der Waals surface area contributed by atoms with Crippen molar-refractivity contribution in [2.24, 2.45) is 0 Å². The lowest BCUT2D eigenvalue weighted by atomic mass is 10.1. The standard InChI is InChI=1S/C12H15N3O2/c1-2-16-7-9(6-13)17-8-10-11(14)4-3-5-12(10)15/h2-5,9H,1,7-8,14-15H2. The highest BCUT2D eigenvalue weighted by Gasteiger charge is 2.10. The number of ether oxygens (including phenoxy) is 2. The van der Waals surface area contributed by atoms with Gasteiger partial charge in [0.2, 0.25) is 0 Å². The molecule has 0 saturated carbocycles. The van der Waals surface area contributed by atoms with Gasteiger partial charge in [-0.05, 0) is 12.1 Å². The Bertz CT molecular complexity index is 406. The lowest BCUT2D eigenvalue weighted by molar-refractivity contribution is 0.0321. The van der Waals surface area contributed by atoms with Crippen molar-refractivity contribution in [3.05, 3.63) is 36.6 Å². The number of anilines is 2. The van der Waals surface area contributed by atoms with Gasteiger partial charge in [-0.15, -0.1) is 0 Å². The summed E-state index contributed by atoms with van der Waals surface area (Å²) in [7, 11) is 0. The largest absolute Gasteiger partial charge is 0.498 e. The average Bonchev–Trinajstić information content (AvgIpc) is 2.32. The molecule has 1 rings (SSSR count). The molecule has 0 aliphatic carbocycles. The first-order valence-corrected chi connectivity index (χ1v) is 5.05. The van der Waals surface area contributed by atoms with Gasteiger partial charge >= 0.3 is 0 Å². The maximum absolute atomic E-state index is 8.82. The summed E-state index contributed by atoms with van der Waals surface area (Å²) in [5.41, 5.74) is 13.3. The molecule has 1 aromatic rings. The summed E-state index contributed by atoms with van der Waals surface area (Å²) >= 11 is 0. The van der Waals surface area contributed by atoms with Crippen LogP contribution in [0.15, 0.2) is 31.0 Å². The summed E-state index contributed by atoms with van der Waals surface area (Å²) in [6, 6.07) is 7.20. The highest BCUT2D eigenvalue weighted by Crippen LogP contribution is 2.20. The molecule has 0 bridgehead atoms. The van der Waals surface area contributed by atoms with E-state index in [0.29, 0.717) is 16.9 Å². The van der Waals surface area contributed by atoms with Gasteiger partial charge in [0.15, 0.2) is 6.10 Å². The van der Waals surface area contributed by atoms with Gasteiger partial charge in [0, 0.05) is 16.9 Å². The third kappa shape index (κ3) is 3.70. The second-order valence-electron chi connectivity index (χ2n) is 3.34. The highest BCUT2D eigenvalue weighted by molar-refractivity contribution is 5.60. The lowest BCUT2D eigenvalue weighted by Gasteiger charge is -2.13. The summed E-state index contributed by atoms with van der Waals surface area (Å²) in [5.74, 6) is 0. The van der Waals surface area contributed by atoms with E-state index in [9.17, 15) is 0 Å². The zero-order valence-electron chi connectivity index (χ0n) is 9.43. The fraction of sp³-hybridized carbons (Fsp3) is 0.250. The second-order valence-corrected chi connectivity index (χ2v) is 3.34. The van der Waals surface area contributed by atoms with E-state index in [1.165, 1.54) is 6.26 Å². The maximum atomic E-state index is 8.82. The van der Waals surface area contributed by atoms with Crippen LogP contribution in [0.25, 0.3) is 0 Å². The third-order valence-electron chi connectivity index (χ3n) is 2.19. The molecule has 17 heavy (non-hydrogen) atoms. The molecule has 0 amide bonds. The quantitative estimate of drug-likeness (QED) is 0.572. The van der Waals surface area contributed by atoms with Crippen molar-refractivity contribution < 1.29 is 9.47 Å². The van der Waals surface area contributed by atoms with E-state index in [1.54, 1.807) is 18.2 Å². The van der Waals surface area contributed by atoms with Crippen molar-refractivity contribution in [2.45, 2.75) is 12.7 Å². The number of hydrogen-bond acceptors (Lipinski definition) is 5. The molecule has 0 fully saturated rings. The summed E-state index contributed by atoms with van der Waals surface area (Å²) in [6.45, 7) is 3.70. The van der Waals surface area contributed by atoms with E-state index in [-0.39, 0.29) is 13.2 Å². The summed E-state index contributed by atoms with van der Waals surface area (Å²) in [5, 5.41) is 8.82. The zero-order valence-corrected chi connectivity index (χ0v) is 9.43. The van der Waals surface area contributed by atoms with Gasteiger partial charge < -0.3 is 20.9 Å². The molecule has 0 saturated heterocycles. The number of rotatable bonds is 6. The molecule has 0 spiro atoms. The van der Waals surface area contributed by atoms with Crippen LogP contribution in [0.1, 0.15) is 5.56 Å². The Balaban J connectivity index is 2.60. The molecule has 1 unspecified atom stereocenters. The normalized spacial score (nSPS) is 11.5. The van der Waals surface area contributed by atoms with Crippen LogP contribution in [-0.2, 0) is 16.1 Å². The first-order chi connectivity index (χ1) is 8.19. The number of nitriles is 1. The van der Waals surface area contributed by atoms with Crippen LogP contribution in [0.4, 0.5) is 11.4 Å². The minimum absolute atomic E-state index is 0.132. The lowest BCUT2D eigenvalue weighted by Crippen LogP contribution is -2.17. The van der Waals surface area contributed by atoms with Crippen molar-refractivity contribution in [3.63, 3.8) is 0 Å². The molecular formula is C12H15N3O2. The molecule has 0 aromatic heterocycles. The van der Waals surface area contributed by atoms with Crippen LogP contribution in [0.2, 0.25) is 0 Å². The average molecular weight is 233 g/mol. The minimum Gasteiger partial charge on any atom is -0.498 e. The van der Waals surface area contributed by atoms with Gasteiger partial charge in [0.05, 0.1) is 18.9 Å². The Kier molecular flexibility index (Phi) is 4.85. The summed E-state index contributed by atoms with van der Waals surface area (Å²) < 4.78 is 10.2. The van der Waals surface area contributed by atoms with Crippen LogP contribution < -0.4 is 11.5 Å². The van der Waals surface area contributed by atoms with E-state index in [0.717, 1.165) is 0 Å². The van der Waals surface area contributed by atoms with Crippen LogP contribution in [0.5, 0.6) is 0 Å². The summed E-state index contributed by atoms with van der Waals surface area (Å²) in [6.07, 6.45) is 0.589. The van der Waals surface area contributed by atoms with Gasteiger partial charge in [0.1, 0.15) is 6.61 Å². The van der Waals surface area contributed by atoms with E-state index >= 15 is 0 Å². The van der Waals surface area contributed by atoms with Gasteiger partial charge in [-0.1, -0.05) is 12.6 Å². The topological polar surface area (TPSA) is 94.3 Å². The van der Waals surface area contributed by atoms with Crippen molar-refractivity contribution in [3.8, 4) is 6.07 Å². The van der Waals surface area contributed by atoms with Crippen molar-refractivity contribution in [1.29, 1.82) is 5.26 Å². The molecule has 0 aliphatic rings. The highest BCUT2D eigenvalue weighted by atomic mass is 16.5. The fourth-order valence-corrected chi connectivity index (χ4v) is 1.25. The van der Waals surface area contributed by atoms with Crippen LogP contribution in [0, 0.1) is 11.3 Å². The molecular weight excluding hydrogens is 218 g/mol. The van der Waals surface area contributed by atoms with Gasteiger partial charge in [-0.2, -0.15) is 5.26 Å². The van der Waals surface area contributed by atoms with Crippen molar-refractivity contribution in [1.82, 2.24) is 0 Å². The zero-order chi connectivity index (χ0) is 12.7. The molecule has 1 atom stereocenters. The number of benzene rings is 1. The smallest absolute Gasteiger partial charge is 0.178 e. The Morgan fingerprint density at radius 3 is 2.59 bits per heavy atom. The second kappa shape index (κ2) is 6.40. The molecule has 0 aliphatic heterocycles. The minimum atomic E-state index is -0.674. The molecule has 4 N–H and O–H groups in total. The predicted octanol–water partition coefficient (Wildman–Crippen LogP) is 1.42. The molecule has 5 nitrogen and oxygen atoms in total. The number of hydrogen-bond donors (Lipinski definition) is 2. The van der Waals surface area contributed by atoms with E-state index in [1.807, 2.05) is 6.07 Å².